The number of carboxylic acid groups (broad SMARTS) is 1. The molecule has 8 amide bonds. The molecule has 0 aliphatic heterocycles. The molecule has 0 bridgehead atoms. The SMILES string of the molecule is CC(C)[C@H](NC(=O)[C@@H](NC(=O)[C@H](CCCCN)NC(=O)[C@H](CO)NC(=O)[C@H](CCCCN)NC(=O)[C@H](CCCN=C(N)N)NC(=O)CNC(=O)[C@@H](N)CS)[C@@H](C)O)C(=O)N[C@@H](CS)C(=O)O. The van der Waals surface area contributed by atoms with Gasteiger partial charge in [-0.25, -0.2) is 4.79 Å². The number of nitrogens with one attached hydrogen (secondary N) is 8. The van der Waals surface area contributed by atoms with Crippen molar-refractivity contribution in [3.8, 4) is 0 Å². The number of carbonyl (C=O) groups is 9. The number of rotatable bonds is 34. The highest BCUT2D eigenvalue weighted by Gasteiger charge is 2.36. The van der Waals surface area contributed by atoms with Gasteiger partial charge in [0.2, 0.25) is 47.3 Å². The zero-order valence-electron chi connectivity index (χ0n) is 37.6. The van der Waals surface area contributed by atoms with Gasteiger partial charge in [-0.1, -0.05) is 13.8 Å². The van der Waals surface area contributed by atoms with Gasteiger partial charge in [0.25, 0.3) is 0 Å². The summed E-state index contributed by atoms with van der Waals surface area (Å²) in [5.41, 5.74) is 27.7. The Hall–Kier alpha value is -5.00. The Bertz CT molecular complexity index is 1630. The van der Waals surface area contributed by atoms with E-state index in [9.17, 15) is 58.5 Å². The standard InChI is InChI=1S/C38H72N14O12S2/c1-19(2)28(35(61)50-26(18-66)37(63)64)51-36(62)29(20(3)54)52-33(59)24(10-5-7-13-40)48-34(60)25(16-53)49-32(58)23(9-4-6-12-39)47-31(57)22(11-8-14-44-38(42)43)46-27(55)15-45-30(56)21(41)17-65/h19-26,28-29,53-54,65-66H,4-18,39-41H2,1-3H3,(H,45,56)(H,46,55)(H,47,57)(H,48,60)(H,49,58)(H,50,61)(H,51,62)(H,52,59)(H,63,64)(H4,42,43,44)/t20-,21+,22+,23+,24+,25+,26+,28+,29+/m1/s1. The van der Waals surface area contributed by atoms with E-state index < -0.39 is 127 Å². The molecule has 0 heterocycles. The third kappa shape index (κ3) is 24.0. The zero-order chi connectivity index (χ0) is 50.5. The fourth-order valence-electron chi connectivity index (χ4n) is 5.82. The Morgan fingerprint density at radius 1 is 0.576 bits per heavy atom. The summed E-state index contributed by atoms with van der Waals surface area (Å²) >= 11 is 7.87. The second-order valence-corrected chi connectivity index (χ2v) is 16.3. The summed E-state index contributed by atoms with van der Waals surface area (Å²) in [4.78, 5) is 121. The number of thiol groups is 2. The van der Waals surface area contributed by atoms with Crippen molar-refractivity contribution >= 4 is 84.4 Å². The monoisotopic (exact) mass is 980 g/mol. The minimum absolute atomic E-state index is 0.00598. The number of hydrogen-bond donors (Lipinski definition) is 18. The van der Waals surface area contributed by atoms with E-state index in [1.807, 2.05) is 0 Å². The quantitative estimate of drug-likeness (QED) is 0.0123. The fourth-order valence-corrected chi connectivity index (χ4v) is 6.23. The molecule has 0 spiro atoms. The first-order chi connectivity index (χ1) is 31.1. The molecule has 66 heavy (non-hydrogen) atoms. The van der Waals surface area contributed by atoms with Crippen LogP contribution < -0.4 is 71.2 Å². The normalized spacial score (nSPS) is 15.1. The van der Waals surface area contributed by atoms with Crippen molar-refractivity contribution in [3.63, 3.8) is 0 Å². The number of guanidine groups is 1. The van der Waals surface area contributed by atoms with Gasteiger partial charge in [0.05, 0.1) is 25.3 Å². The maximum absolute atomic E-state index is 13.7. The minimum Gasteiger partial charge on any atom is -0.480 e. The number of carboxylic acids is 1. The van der Waals surface area contributed by atoms with Crippen molar-refractivity contribution in [3.05, 3.63) is 0 Å². The van der Waals surface area contributed by atoms with Gasteiger partial charge in [0.15, 0.2) is 5.96 Å². The molecule has 0 rings (SSSR count). The molecule has 21 N–H and O–H groups in total. The summed E-state index contributed by atoms with van der Waals surface area (Å²) in [6.45, 7) is 3.30. The lowest BCUT2D eigenvalue weighted by molar-refractivity contribution is -0.142. The van der Waals surface area contributed by atoms with Crippen LogP contribution in [0.25, 0.3) is 0 Å². The smallest absolute Gasteiger partial charge is 0.327 e. The van der Waals surface area contributed by atoms with Gasteiger partial charge in [0, 0.05) is 18.1 Å². The van der Waals surface area contributed by atoms with Crippen LogP contribution in [0.1, 0.15) is 72.1 Å². The maximum Gasteiger partial charge on any atom is 0.327 e. The van der Waals surface area contributed by atoms with Crippen molar-refractivity contribution in [2.45, 2.75) is 127 Å². The molecule has 0 saturated heterocycles. The van der Waals surface area contributed by atoms with E-state index in [1.54, 1.807) is 13.8 Å². The molecule has 0 aliphatic rings. The Labute approximate surface area is 394 Å². The minimum atomic E-state index is -1.70. The first-order valence-corrected chi connectivity index (χ1v) is 22.7. The van der Waals surface area contributed by atoms with Gasteiger partial charge >= 0.3 is 5.97 Å². The summed E-state index contributed by atoms with van der Waals surface area (Å²) in [6, 6.07) is -11.1. The maximum atomic E-state index is 13.7. The number of aliphatic imine (C=N–C) groups is 1. The van der Waals surface area contributed by atoms with E-state index in [0.717, 1.165) is 0 Å². The third-order valence-corrected chi connectivity index (χ3v) is 10.4. The van der Waals surface area contributed by atoms with E-state index in [2.05, 4.69) is 72.8 Å². The summed E-state index contributed by atoms with van der Waals surface area (Å²) < 4.78 is 0. The molecule has 0 aromatic heterocycles. The highest BCUT2D eigenvalue weighted by Crippen LogP contribution is 2.09. The second-order valence-electron chi connectivity index (χ2n) is 15.5. The molecule has 0 fully saturated rings. The van der Waals surface area contributed by atoms with Crippen molar-refractivity contribution in [2.75, 3.05) is 44.3 Å². The van der Waals surface area contributed by atoms with Crippen LogP contribution in [-0.2, 0) is 43.2 Å². The molecule has 378 valence electrons. The van der Waals surface area contributed by atoms with E-state index in [1.165, 1.54) is 6.92 Å². The van der Waals surface area contributed by atoms with Crippen LogP contribution in [0.5, 0.6) is 0 Å². The molecule has 26 nitrogen and oxygen atoms in total. The number of aliphatic hydroxyl groups is 2. The van der Waals surface area contributed by atoms with Gasteiger partial charge in [-0.3, -0.25) is 43.3 Å². The highest BCUT2D eigenvalue weighted by atomic mass is 32.1. The van der Waals surface area contributed by atoms with E-state index in [4.69, 9.17) is 28.7 Å². The Morgan fingerprint density at radius 2 is 1.02 bits per heavy atom. The van der Waals surface area contributed by atoms with Crippen LogP contribution in [0.3, 0.4) is 0 Å². The van der Waals surface area contributed by atoms with Gasteiger partial charge < -0.3 is 86.5 Å². The number of aliphatic carboxylic acids is 1. The molecule has 0 saturated carbocycles. The zero-order valence-corrected chi connectivity index (χ0v) is 39.4. The second kappa shape index (κ2) is 33.5. The lowest BCUT2D eigenvalue weighted by atomic mass is 10.0. The molecule has 0 aliphatic carbocycles. The Balaban J connectivity index is 6.34. The number of unbranched alkanes of at least 4 members (excludes halogenated alkanes) is 2. The van der Waals surface area contributed by atoms with Crippen molar-refractivity contribution < 1.29 is 58.5 Å². The number of nitrogens with zero attached hydrogens (tertiary/aromatic N) is 1. The van der Waals surface area contributed by atoms with Gasteiger partial charge in [-0.15, -0.1) is 0 Å². The number of carbonyl (C=O) groups excluding carboxylic acids is 8. The Kier molecular flexibility index (Phi) is 30.9. The Morgan fingerprint density at radius 3 is 1.45 bits per heavy atom. The van der Waals surface area contributed by atoms with Crippen LogP contribution in [0.2, 0.25) is 0 Å². The van der Waals surface area contributed by atoms with Crippen molar-refractivity contribution in [1.82, 2.24) is 42.5 Å². The first-order valence-electron chi connectivity index (χ1n) is 21.4. The first kappa shape index (κ1) is 61.0. The predicted octanol–water partition coefficient (Wildman–Crippen LogP) is -6.89. The summed E-state index contributed by atoms with van der Waals surface area (Å²) in [5.74, 6) is -9.51. The van der Waals surface area contributed by atoms with Gasteiger partial charge in [0.1, 0.15) is 42.3 Å². The predicted molar refractivity (Wildman–Crippen MR) is 249 cm³/mol. The van der Waals surface area contributed by atoms with Crippen LogP contribution in [0, 0.1) is 5.92 Å². The molecular weight excluding hydrogens is 909 g/mol. The molecule has 9 atom stereocenters. The van der Waals surface area contributed by atoms with Gasteiger partial charge in [-0.05, 0) is 77.3 Å². The summed E-state index contributed by atoms with van der Waals surface area (Å²) in [6.07, 6.45) is -0.0634. The molecule has 28 heteroatoms. The molecule has 0 unspecified atom stereocenters. The van der Waals surface area contributed by atoms with Crippen molar-refractivity contribution in [2.24, 2.45) is 39.6 Å². The highest BCUT2D eigenvalue weighted by molar-refractivity contribution is 7.80. The van der Waals surface area contributed by atoms with Crippen LogP contribution in [-0.4, -0.2) is 173 Å². The van der Waals surface area contributed by atoms with E-state index in [0.29, 0.717) is 19.3 Å². The largest absolute Gasteiger partial charge is 0.480 e. The molecule has 0 aromatic rings. The third-order valence-electron chi connectivity index (χ3n) is 9.64. The summed E-state index contributed by atoms with van der Waals surface area (Å²) in [7, 11) is 0. The molecule has 0 radical (unpaired) electrons. The summed E-state index contributed by atoms with van der Waals surface area (Å²) in [5, 5.41) is 49.4. The molecule has 0 aromatic carbocycles. The fraction of sp³-hybridized carbons (Fsp3) is 0.737. The lowest BCUT2D eigenvalue weighted by Gasteiger charge is -2.29. The van der Waals surface area contributed by atoms with E-state index in [-0.39, 0.29) is 69.2 Å². The topological polar surface area (TPSA) is 453 Å². The lowest BCUT2D eigenvalue weighted by Crippen LogP contribution is -2.62. The number of nitrogens with two attached hydrogens (primary N) is 5. The average Bonchev–Trinajstić information content (AvgIpc) is 3.26. The molecular formula is C38H72N14O12S2. The number of amides is 8. The van der Waals surface area contributed by atoms with Crippen LogP contribution in [0.4, 0.5) is 0 Å². The van der Waals surface area contributed by atoms with Crippen LogP contribution >= 0.6 is 25.3 Å². The number of hydrogen-bond acceptors (Lipinski definition) is 17. The van der Waals surface area contributed by atoms with Crippen molar-refractivity contribution in [1.29, 1.82) is 0 Å². The van der Waals surface area contributed by atoms with Gasteiger partial charge in [-0.2, -0.15) is 25.3 Å². The van der Waals surface area contributed by atoms with E-state index >= 15 is 0 Å². The van der Waals surface area contributed by atoms with Crippen LogP contribution in [0.15, 0.2) is 4.99 Å². The average molecular weight is 981 g/mol. The number of aliphatic hydroxyl groups excluding tert-OH is 2.